The number of aryl methyl sites for hydroxylation is 1. The van der Waals surface area contributed by atoms with E-state index in [1.165, 1.54) is 0 Å². The maximum Gasteiger partial charge on any atom is 0.225 e. The second-order valence-corrected chi connectivity index (χ2v) is 4.62. The molecule has 0 unspecified atom stereocenters. The van der Waals surface area contributed by atoms with Crippen molar-refractivity contribution in [1.82, 2.24) is 9.97 Å². The summed E-state index contributed by atoms with van der Waals surface area (Å²) in [6.07, 6.45) is 2.01. The highest BCUT2D eigenvalue weighted by atomic mass is 16.3. The van der Waals surface area contributed by atoms with Gasteiger partial charge in [-0.05, 0) is 31.7 Å². The Balaban J connectivity index is 2.10. The molecule has 0 bridgehead atoms. The first kappa shape index (κ1) is 12.3. The van der Waals surface area contributed by atoms with E-state index in [0.29, 0.717) is 12.5 Å². The van der Waals surface area contributed by atoms with Crippen LogP contribution in [0.3, 0.4) is 0 Å². The van der Waals surface area contributed by atoms with E-state index in [2.05, 4.69) is 14.9 Å². The van der Waals surface area contributed by atoms with Crippen LogP contribution in [0.1, 0.15) is 24.2 Å². The van der Waals surface area contributed by atoms with Crippen LogP contribution in [0, 0.1) is 12.8 Å². The maximum atomic E-state index is 9.11. The molecule has 0 aliphatic carbocycles. The molecule has 2 heterocycles. The molecule has 17 heavy (non-hydrogen) atoms. The van der Waals surface area contributed by atoms with Gasteiger partial charge in [0.25, 0.3) is 0 Å². The van der Waals surface area contributed by atoms with Gasteiger partial charge < -0.3 is 15.7 Å². The van der Waals surface area contributed by atoms with Gasteiger partial charge in [0.15, 0.2) is 0 Å². The zero-order chi connectivity index (χ0) is 12.3. The molecule has 1 saturated heterocycles. The fourth-order valence-electron chi connectivity index (χ4n) is 2.18. The van der Waals surface area contributed by atoms with Crippen molar-refractivity contribution in [3.05, 3.63) is 17.5 Å². The standard InChI is InChI=1S/C12H20N4O/c1-9-6-11(7-13)15-12(14-9)16-4-2-10(8-17)3-5-16/h6,10,17H,2-5,7-8,13H2,1H3. The van der Waals surface area contributed by atoms with Crippen LogP contribution in [0.5, 0.6) is 0 Å². The van der Waals surface area contributed by atoms with E-state index in [4.69, 9.17) is 10.8 Å². The molecule has 5 nitrogen and oxygen atoms in total. The van der Waals surface area contributed by atoms with Crippen LogP contribution in [0.2, 0.25) is 0 Å². The average Bonchev–Trinajstić information content (AvgIpc) is 2.38. The minimum Gasteiger partial charge on any atom is -0.396 e. The van der Waals surface area contributed by atoms with E-state index in [0.717, 1.165) is 43.3 Å². The van der Waals surface area contributed by atoms with E-state index >= 15 is 0 Å². The lowest BCUT2D eigenvalue weighted by atomic mass is 9.98. The Morgan fingerprint density at radius 2 is 2.12 bits per heavy atom. The van der Waals surface area contributed by atoms with E-state index < -0.39 is 0 Å². The molecule has 0 atom stereocenters. The molecule has 1 aliphatic heterocycles. The molecule has 1 aromatic heterocycles. The number of aliphatic hydroxyl groups excluding tert-OH is 1. The third-order valence-corrected chi connectivity index (χ3v) is 3.26. The van der Waals surface area contributed by atoms with Crippen molar-refractivity contribution in [2.45, 2.75) is 26.3 Å². The first-order chi connectivity index (χ1) is 8.22. The summed E-state index contributed by atoms with van der Waals surface area (Å²) in [6.45, 7) is 4.53. The number of anilines is 1. The van der Waals surface area contributed by atoms with E-state index in [-0.39, 0.29) is 6.61 Å². The van der Waals surface area contributed by atoms with Crippen molar-refractivity contribution in [3.8, 4) is 0 Å². The summed E-state index contributed by atoms with van der Waals surface area (Å²) in [5.74, 6) is 1.21. The van der Waals surface area contributed by atoms with Crippen molar-refractivity contribution < 1.29 is 5.11 Å². The van der Waals surface area contributed by atoms with E-state index in [1.807, 2.05) is 13.0 Å². The highest BCUT2D eigenvalue weighted by Crippen LogP contribution is 2.20. The van der Waals surface area contributed by atoms with Crippen molar-refractivity contribution in [2.75, 3.05) is 24.6 Å². The normalized spacial score (nSPS) is 17.5. The van der Waals surface area contributed by atoms with Crippen LogP contribution in [-0.4, -0.2) is 34.8 Å². The Hall–Kier alpha value is -1.20. The fourth-order valence-corrected chi connectivity index (χ4v) is 2.18. The Kier molecular flexibility index (Phi) is 3.91. The molecule has 3 N–H and O–H groups in total. The predicted molar refractivity (Wildman–Crippen MR) is 66.7 cm³/mol. The number of hydrogen-bond acceptors (Lipinski definition) is 5. The number of piperidine rings is 1. The van der Waals surface area contributed by atoms with Gasteiger partial charge in [-0.1, -0.05) is 0 Å². The number of aromatic nitrogens is 2. The molecule has 0 saturated carbocycles. The van der Waals surface area contributed by atoms with Crippen molar-refractivity contribution in [1.29, 1.82) is 0 Å². The number of aliphatic hydroxyl groups is 1. The second-order valence-electron chi connectivity index (χ2n) is 4.62. The molecule has 1 fully saturated rings. The summed E-state index contributed by atoms with van der Waals surface area (Å²) in [7, 11) is 0. The lowest BCUT2D eigenvalue weighted by Crippen LogP contribution is -2.36. The highest BCUT2D eigenvalue weighted by molar-refractivity contribution is 5.32. The van der Waals surface area contributed by atoms with Gasteiger partial charge >= 0.3 is 0 Å². The average molecular weight is 236 g/mol. The number of nitrogens with zero attached hydrogens (tertiary/aromatic N) is 3. The molecule has 2 rings (SSSR count). The first-order valence-electron chi connectivity index (χ1n) is 6.13. The van der Waals surface area contributed by atoms with Crippen LogP contribution in [0.25, 0.3) is 0 Å². The molecule has 5 heteroatoms. The van der Waals surface area contributed by atoms with Crippen LogP contribution in [0.15, 0.2) is 6.07 Å². The summed E-state index contributed by atoms with van der Waals surface area (Å²) in [6, 6.07) is 1.92. The SMILES string of the molecule is Cc1cc(CN)nc(N2CCC(CO)CC2)n1. The number of hydrogen-bond donors (Lipinski definition) is 2. The summed E-state index contributed by atoms with van der Waals surface area (Å²) in [5.41, 5.74) is 7.46. The van der Waals surface area contributed by atoms with Gasteiger partial charge in [-0.25, -0.2) is 9.97 Å². The largest absolute Gasteiger partial charge is 0.396 e. The summed E-state index contributed by atoms with van der Waals surface area (Å²) < 4.78 is 0. The van der Waals surface area contributed by atoms with Gasteiger partial charge in [0.05, 0.1) is 5.69 Å². The monoisotopic (exact) mass is 236 g/mol. The molecular formula is C12H20N4O. The predicted octanol–water partition coefficient (Wildman–Crippen LogP) is 0.452. The van der Waals surface area contributed by atoms with Crippen LogP contribution < -0.4 is 10.6 Å². The molecular weight excluding hydrogens is 216 g/mol. The van der Waals surface area contributed by atoms with Gasteiger partial charge in [0.1, 0.15) is 0 Å². The minimum atomic E-state index is 0.288. The summed E-state index contributed by atoms with van der Waals surface area (Å²) in [4.78, 5) is 11.1. The zero-order valence-corrected chi connectivity index (χ0v) is 10.3. The van der Waals surface area contributed by atoms with Crippen molar-refractivity contribution in [2.24, 2.45) is 11.7 Å². The van der Waals surface area contributed by atoms with Crippen LogP contribution in [-0.2, 0) is 6.54 Å². The molecule has 0 amide bonds. The quantitative estimate of drug-likeness (QED) is 0.797. The van der Waals surface area contributed by atoms with Gasteiger partial charge in [-0.2, -0.15) is 0 Å². The van der Waals surface area contributed by atoms with Crippen molar-refractivity contribution >= 4 is 5.95 Å². The lowest BCUT2D eigenvalue weighted by molar-refractivity contribution is 0.202. The van der Waals surface area contributed by atoms with Crippen LogP contribution in [0.4, 0.5) is 5.95 Å². The maximum absolute atomic E-state index is 9.11. The van der Waals surface area contributed by atoms with Crippen molar-refractivity contribution in [3.63, 3.8) is 0 Å². The van der Waals surface area contributed by atoms with Gasteiger partial charge in [-0.15, -0.1) is 0 Å². The molecule has 0 spiro atoms. The Bertz CT molecular complexity index is 375. The summed E-state index contributed by atoms with van der Waals surface area (Å²) in [5, 5.41) is 9.11. The van der Waals surface area contributed by atoms with Gasteiger partial charge in [0, 0.05) is 31.9 Å². The van der Waals surface area contributed by atoms with E-state index in [1.54, 1.807) is 0 Å². The third kappa shape index (κ3) is 2.92. The topological polar surface area (TPSA) is 75.3 Å². The number of rotatable bonds is 3. The van der Waals surface area contributed by atoms with Gasteiger partial charge in [0.2, 0.25) is 5.95 Å². The smallest absolute Gasteiger partial charge is 0.225 e. The van der Waals surface area contributed by atoms with E-state index in [9.17, 15) is 0 Å². The highest BCUT2D eigenvalue weighted by Gasteiger charge is 2.20. The lowest BCUT2D eigenvalue weighted by Gasteiger charge is -2.31. The van der Waals surface area contributed by atoms with Gasteiger partial charge in [-0.3, -0.25) is 0 Å². The molecule has 0 radical (unpaired) electrons. The molecule has 1 aliphatic rings. The van der Waals surface area contributed by atoms with Crippen LogP contribution >= 0.6 is 0 Å². The fraction of sp³-hybridized carbons (Fsp3) is 0.667. The summed E-state index contributed by atoms with van der Waals surface area (Å²) >= 11 is 0. The third-order valence-electron chi connectivity index (χ3n) is 3.26. The minimum absolute atomic E-state index is 0.288. The Morgan fingerprint density at radius 1 is 1.41 bits per heavy atom. The number of nitrogens with two attached hydrogens (primary N) is 1. The Labute approximate surface area is 102 Å². The second kappa shape index (κ2) is 5.42. The molecule has 1 aromatic rings. The molecule has 94 valence electrons. The first-order valence-corrected chi connectivity index (χ1v) is 6.13. The Morgan fingerprint density at radius 3 is 2.71 bits per heavy atom. The molecule has 0 aromatic carbocycles. The zero-order valence-electron chi connectivity index (χ0n) is 10.3.